The Hall–Kier alpha value is -3.32. The first-order valence-corrected chi connectivity index (χ1v) is 12.9. The standard InChI is InChI=1S/C28H33F4N5O/c1-6-9-12-35-17-25-27(33-35)24(14-26(38)34(25)5)37-16-20(7-2)36(15-21(37)8-3)18(4)22-11-10-19(13-23(22)29)28(30,31)32/h10-11,13-14,17-18,20-21H,7-8,12,15-16H2,1-5H3/t18-,20-,21+/m1/s1. The summed E-state index contributed by atoms with van der Waals surface area (Å²) in [5, 5.41) is 4.75. The highest BCUT2D eigenvalue weighted by atomic mass is 19.4. The Morgan fingerprint density at radius 1 is 1.13 bits per heavy atom. The maximum Gasteiger partial charge on any atom is 0.416 e. The van der Waals surface area contributed by atoms with Crippen molar-refractivity contribution in [2.75, 3.05) is 18.0 Å². The van der Waals surface area contributed by atoms with Gasteiger partial charge in [-0.3, -0.25) is 14.4 Å². The zero-order valence-corrected chi connectivity index (χ0v) is 22.3. The fraction of sp³-hybridized carbons (Fsp3) is 0.500. The lowest BCUT2D eigenvalue weighted by Gasteiger charge is -2.49. The first-order chi connectivity index (χ1) is 18.0. The maximum absolute atomic E-state index is 14.9. The first-order valence-electron chi connectivity index (χ1n) is 12.9. The van der Waals surface area contributed by atoms with Crippen LogP contribution < -0.4 is 10.5 Å². The first kappa shape index (κ1) is 27.7. The number of piperazine rings is 1. The van der Waals surface area contributed by atoms with E-state index in [2.05, 4.69) is 28.6 Å². The predicted octanol–water partition coefficient (Wildman–Crippen LogP) is 5.36. The van der Waals surface area contributed by atoms with E-state index in [0.717, 1.165) is 30.1 Å². The molecular formula is C28H33F4N5O. The molecule has 1 aliphatic heterocycles. The average Bonchev–Trinajstić information content (AvgIpc) is 3.32. The number of hydrogen-bond acceptors (Lipinski definition) is 4. The van der Waals surface area contributed by atoms with Gasteiger partial charge >= 0.3 is 6.18 Å². The van der Waals surface area contributed by atoms with Crippen molar-refractivity contribution >= 4 is 16.7 Å². The molecule has 0 radical (unpaired) electrons. The number of aryl methyl sites for hydroxylation is 1. The second-order valence-electron chi connectivity index (χ2n) is 9.80. The van der Waals surface area contributed by atoms with Crippen LogP contribution in [0.15, 0.2) is 35.3 Å². The van der Waals surface area contributed by atoms with Crippen LogP contribution in [0.5, 0.6) is 0 Å². The molecule has 0 spiro atoms. The van der Waals surface area contributed by atoms with Crippen LogP contribution in [0.1, 0.15) is 57.7 Å². The largest absolute Gasteiger partial charge is 0.416 e. The Morgan fingerprint density at radius 3 is 2.45 bits per heavy atom. The summed E-state index contributed by atoms with van der Waals surface area (Å²) in [7, 11) is 1.72. The number of aromatic nitrogens is 3. The molecule has 3 heterocycles. The molecule has 6 nitrogen and oxygen atoms in total. The molecular weight excluding hydrogens is 498 g/mol. The third kappa shape index (κ3) is 5.17. The number of fused-ring (bicyclic) bond motifs is 1. The summed E-state index contributed by atoms with van der Waals surface area (Å²) in [5.74, 6) is 5.00. The number of pyridine rings is 1. The molecule has 204 valence electrons. The summed E-state index contributed by atoms with van der Waals surface area (Å²) in [5.41, 5.74) is 1.30. The molecule has 0 unspecified atom stereocenters. The van der Waals surface area contributed by atoms with E-state index in [-0.39, 0.29) is 23.2 Å². The van der Waals surface area contributed by atoms with Gasteiger partial charge in [-0.25, -0.2) is 4.39 Å². The molecule has 38 heavy (non-hydrogen) atoms. The SMILES string of the molecule is CC#CCn1cc2c(n1)c(N1C[C@@H](CC)N([C@H](C)c3ccc(C(F)(F)F)cc3F)C[C@@H]1CC)cc(=O)n2C. The lowest BCUT2D eigenvalue weighted by Crippen LogP contribution is -2.59. The summed E-state index contributed by atoms with van der Waals surface area (Å²) in [6.45, 7) is 9.25. The van der Waals surface area contributed by atoms with Crippen molar-refractivity contribution in [3.63, 3.8) is 0 Å². The number of alkyl halides is 3. The average molecular weight is 532 g/mol. The molecule has 1 aromatic carbocycles. The molecule has 1 aliphatic rings. The van der Waals surface area contributed by atoms with Crippen molar-refractivity contribution in [1.29, 1.82) is 0 Å². The number of anilines is 1. The lowest BCUT2D eigenvalue weighted by molar-refractivity contribution is -0.137. The van der Waals surface area contributed by atoms with Gasteiger partial charge in [-0.05, 0) is 38.8 Å². The summed E-state index contributed by atoms with van der Waals surface area (Å²) in [4.78, 5) is 17.3. The van der Waals surface area contributed by atoms with E-state index >= 15 is 0 Å². The monoisotopic (exact) mass is 531 g/mol. The van der Waals surface area contributed by atoms with Crippen LogP contribution in [0.4, 0.5) is 23.2 Å². The molecule has 3 aromatic rings. The molecule has 0 N–H and O–H groups in total. The van der Waals surface area contributed by atoms with Gasteiger partial charge in [0, 0.05) is 49.9 Å². The van der Waals surface area contributed by atoms with Crippen molar-refractivity contribution < 1.29 is 17.6 Å². The van der Waals surface area contributed by atoms with Crippen molar-refractivity contribution in [1.82, 2.24) is 19.2 Å². The van der Waals surface area contributed by atoms with E-state index in [9.17, 15) is 22.4 Å². The van der Waals surface area contributed by atoms with E-state index in [4.69, 9.17) is 5.10 Å². The molecule has 10 heteroatoms. The zero-order valence-electron chi connectivity index (χ0n) is 22.3. The molecule has 1 saturated heterocycles. The second-order valence-corrected chi connectivity index (χ2v) is 9.80. The highest BCUT2D eigenvalue weighted by Crippen LogP contribution is 2.36. The van der Waals surface area contributed by atoms with Crippen LogP contribution in [-0.2, 0) is 19.8 Å². The number of hydrogen-bond donors (Lipinski definition) is 0. The Labute approximate surface area is 219 Å². The fourth-order valence-electron chi connectivity index (χ4n) is 5.37. The van der Waals surface area contributed by atoms with Crippen molar-refractivity contribution in [3.05, 3.63) is 57.8 Å². The van der Waals surface area contributed by atoms with Gasteiger partial charge in [-0.2, -0.15) is 18.3 Å². The lowest BCUT2D eigenvalue weighted by atomic mass is 9.95. The van der Waals surface area contributed by atoms with Gasteiger partial charge in [-0.15, -0.1) is 5.92 Å². The van der Waals surface area contributed by atoms with E-state index in [0.29, 0.717) is 31.2 Å². The van der Waals surface area contributed by atoms with Crippen LogP contribution in [-0.4, -0.2) is 44.4 Å². The highest BCUT2D eigenvalue weighted by molar-refractivity contribution is 5.88. The topological polar surface area (TPSA) is 46.3 Å². The van der Waals surface area contributed by atoms with Crippen LogP contribution >= 0.6 is 0 Å². The third-order valence-corrected chi connectivity index (χ3v) is 7.62. The third-order valence-electron chi connectivity index (χ3n) is 7.62. The van der Waals surface area contributed by atoms with Gasteiger partial charge in [0.15, 0.2) is 0 Å². The fourth-order valence-corrected chi connectivity index (χ4v) is 5.37. The highest BCUT2D eigenvalue weighted by Gasteiger charge is 2.38. The Bertz CT molecular complexity index is 1430. The number of nitrogens with zero attached hydrogens (tertiary/aromatic N) is 5. The Balaban J connectivity index is 1.70. The van der Waals surface area contributed by atoms with Gasteiger partial charge in [-0.1, -0.05) is 25.8 Å². The summed E-state index contributed by atoms with van der Waals surface area (Å²) < 4.78 is 57.4. The molecule has 4 rings (SSSR count). The zero-order chi connectivity index (χ0) is 27.8. The molecule has 2 aromatic heterocycles. The summed E-state index contributed by atoms with van der Waals surface area (Å²) in [6.07, 6.45) is -1.27. The maximum atomic E-state index is 14.9. The summed E-state index contributed by atoms with van der Waals surface area (Å²) >= 11 is 0. The van der Waals surface area contributed by atoms with Crippen LogP contribution in [0, 0.1) is 17.7 Å². The molecule has 3 atom stereocenters. The van der Waals surface area contributed by atoms with Gasteiger partial charge in [0.25, 0.3) is 5.56 Å². The van der Waals surface area contributed by atoms with Gasteiger partial charge < -0.3 is 9.47 Å². The van der Waals surface area contributed by atoms with Crippen LogP contribution in [0.3, 0.4) is 0 Å². The Kier molecular flexibility index (Phi) is 7.88. The van der Waals surface area contributed by atoms with Gasteiger partial charge in [0.2, 0.25) is 0 Å². The summed E-state index contributed by atoms with van der Waals surface area (Å²) in [6, 6.07) is 3.95. The van der Waals surface area contributed by atoms with Gasteiger partial charge in [0.05, 0.1) is 23.0 Å². The van der Waals surface area contributed by atoms with E-state index in [1.807, 2.05) is 20.0 Å². The molecule has 0 saturated carbocycles. The van der Waals surface area contributed by atoms with Crippen molar-refractivity contribution in [2.24, 2.45) is 7.05 Å². The number of benzene rings is 1. The minimum Gasteiger partial charge on any atom is -0.364 e. The smallest absolute Gasteiger partial charge is 0.364 e. The quantitative estimate of drug-likeness (QED) is 0.318. The van der Waals surface area contributed by atoms with Crippen LogP contribution in [0.2, 0.25) is 0 Å². The van der Waals surface area contributed by atoms with Crippen molar-refractivity contribution in [3.8, 4) is 11.8 Å². The molecule has 1 fully saturated rings. The predicted molar refractivity (Wildman–Crippen MR) is 140 cm³/mol. The molecule has 0 bridgehead atoms. The minimum atomic E-state index is -4.60. The Morgan fingerprint density at radius 2 is 1.84 bits per heavy atom. The van der Waals surface area contributed by atoms with E-state index in [1.165, 1.54) is 6.07 Å². The second kappa shape index (κ2) is 10.8. The normalized spacial score (nSPS) is 19.4. The van der Waals surface area contributed by atoms with E-state index in [1.54, 1.807) is 29.3 Å². The number of rotatable bonds is 6. The molecule has 0 amide bonds. The van der Waals surface area contributed by atoms with Crippen molar-refractivity contribution in [2.45, 2.75) is 71.4 Å². The molecule has 0 aliphatic carbocycles. The van der Waals surface area contributed by atoms with Crippen LogP contribution in [0.25, 0.3) is 11.0 Å². The van der Waals surface area contributed by atoms with Gasteiger partial charge in [0.1, 0.15) is 17.9 Å². The van der Waals surface area contributed by atoms with E-state index < -0.39 is 23.6 Å². The number of halogens is 4. The minimum absolute atomic E-state index is 0.00588.